The Kier molecular flexibility index (Phi) is 6.77. The highest BCUT2D eigenvalue weighted by atomic mass is 15.0. The highest BCUT2D eigenvalue weighted by Crippen LogP contribution is 2.46. The van der Waals surface area contributed by atoms with Crippen LogP contribution in [-0.4, -0.2) is 4.57 Å². The summed E-state index contributed by atoms with van der Waals surface area (Å²) in [5.41, 5.74) is 11.5. The van der Waals surface area contributed by atoms with Gasteiger partial charge in [-0.3, -0.25) is 0 Å². The Bertz CT molecular complexity index is 1790. The molecule has 0 fully saturated rings. The van der Waals surface area contributed by atoms with E-state index in [1.165, 1.54) is 61.1 Å². The molecule has 7 rings (SSSR count). The van der Waals surface area contributed by atoms with Crippen molar-refractivity contribution in [3.8, 4) is 33.6 Å². The van der Waals surface area contributed by atoms with Gasteiger partial charge >= 0.3 is 0 Å². The number of aromatic nitrogens is 1. The Morgan fingerprint density at radius 3 is 1.63 bits per heavy atom. The van der Waals surface area contributed by atoms with Crippen molar-refractivity contribution in [3.63, 3.8) is 0 Å². The van der Waals surface area contributed by atoms with Crippen molar-refractivity contribution in [2.75, 3.05) is 0 Å². The van der Waals surface area contributed by atoms with Gasteiger partial charge in [-0.15, -0.1) is 0 Å². The highest BCUT2D eigenvalue weighted by molar-refractivity contribution is 6.00. The maximum atomic E-state index is 2.58. The number of hydrogen-bond acceptors (Lipinski definition) is 0. The molecule has 0 aliphatic rings. The molecule has 0 N–H and O–H groups in total. The lowest BCUT2D eigenvalue weighted by atomic mass is 9.91. The number of fused-ring (bicyclic) bond motifs is 1. The van der Waals surface area contributed by atoms with E-state index in [0.717, 1.165) is 13.0 Å². The van der Waals surface area contributed by atoms with Crippen molar-refractivity contribution >= 4 is 10.8 Å². The third kappa shape index (κ3) is 4.88. The van der Waals surface area contributed by atoms with Gasteiger partial charge in [0, 0.05) is 24.1 Å². The van der Waals surface area contributed by atoms with Crippen molar-refractivity contribution in [3.05, 3.63) is 180 Å². The second kappa shape index (κ2) is 11.2. The van der Waals surface area contributed by atoms with Crippen LogP contribution in [0.25, 0.3) is 44.4 Å². The predicted octanol–water partition coefficient (Wildman–Crippen LogP) is 10.3. The van der Waals surface area contributed by atoms with Gasteiger partial charge in [0.15, 0.2) is 0 Å². The maximum Gasteiger partial charge on any atom is 0.0571 e. The van der Waals surface area contributed by atoms with Crippen molar-refractivity contribution in [2.24, 2.45) is 0 Å². The largest absolute Gasteiger partial charge is 0.335 e. The van der Waals surface area contributed by atoms with E-state index in [9.17, 15) is 0 Å². The zero-order chi connectivity index (χ0) is 27.4. The molecule has 6 aromatic carbocycles. The van der Waals surface area contributed by atoms with E-state index in [1.807, 2.05) is 0 Å². The second-order valence-corrected chi connectivity index (χ2v) is 10.5. The van der Waals surface area contributed by atoms with E-state index in [-0.39, 0.29) is 0 Å². The van der Waals surface area contributed by atoms with Crippen LogP contribution in [0, 0.1) is 0 Å². The van der Waals surface area contributed by atoms with E-state index in [4.69, 9.17) is 0 Å². The molecule has 0 aliphatic heterocycles. The Hall–Kier alpha value is -5.14. The molecule has 1 aromatic heterocycles. The number of nitrogens with zero attached hydrogens (tertiary/aromatic N) is 1. The van der Waals surface area contributed by atoms with E-state index in [0.29, 0.717) is 0 Å². The van der Waals surface area contributed by atoms with Gasteiger partial charge in [0.25, 0.3) is 0 Å². The Morgan fingerprint density at radius 1 is 0.415 bits per heavy atom. The van der Waals surface area contributed by atoms with Crippen LogP contribution in [0.2, 0.25) is 0 Å². The lowest BCUT2D eigenvalue weighted by molar-refractivity contribution is 0.820. The van der Waals surface area contributed by atoms with Crippen LogP contribution >= 0.6 is 0 Å². The van der Waals surface area contributed by atoms with Gasteiger partial charge in [0.05, 0.1) is 11.4 Å². The third-order valence-corrected chi connectivity index (χ3v) is 7.93. The van der Waals surface area contributed by atoms with Crippen molar-refractivity contribution in [1.82, 2.24) is 4.57 Å². The van der Waals surface area contributed by atoms with Crippen LogP contribution in [0.3, 0.4) is 0 Å². The standard InChI is InChI=1S/C40H31N/c1-5-16-30(17-6-1)28-37-38(33-21-9-3-10-22-33)39(34-23-11-4-12-24-34)41(29-31-18-7-2-8-19-31)40(37)36-27-15-25-32-20-13-14-26-35(32)36/h1-27H,28-29H2. The summed E-state index contributed by atoms with van der Waals surface area (Å²) >= 11 is 0. The normalized spacial score (nSPS) is 11.1. The van der Waals surface area contributed by atoms with Crippen molar-refractivity contribution < 1.29 is 0 Å². The van der Waals surface area contributed by atoms with Crippen LogP contribution in [0.5, 0.6) is 0 Å². The minimum Gasteiger partial charge on any atom is -0.335 e. The fourth-order valence-electron chi connectivity index (χ4n) is 6.12. The van der Waals surface area contributed by atoms with Crippen molar-refractivity contribution in [1.29, 1.82) is 0 Å². The molecule has 0 bridgehead atoms. The zero-order valence-electron chi connectivity index (χ0n) is 22.9. The molecular weight excluding hydrogens is 494 g/mol. The van der Waals surface area contributed by atoms with Crippen LogP contribution in [0.4, 0.5) is 0 Å². The molecule has 0 radical (unpaired) electrons. The minimum atomic E-state index is 0.776. The molecule has 1 nitrogen and oxygen atoms in total. The van der Waals surface area contributed by atoms with Crippen LogP contribution in [0.1, 0.15) is 16.7 Å². The maximum absolute atomic E-state index is 2.58. The molecule has 1 heterocycles. The smallest absolute Gasteiger partial charge is 0.0571 e. The molecule has 196 valence electrons. The summed E-state index contributed by atoms with van der Waals surface area (Å²) in [5.74, 6) is 0. The number of rotatable bonds is 7. The molecular formula is C40H31N. The number of benzene rings is 6. The van der Waals surface area contributed by atoms with Gasteiger partial charge in [-0.1, -0.05) is 164 Å². The summed E-state index contributed by atoms with van der Waals surface area (Å²) in [7, 11) is 0. The molecule has 0 spiro atoms. The van der Waals surface area contributed by atoms with Gasteiger partial charge in [0.1, 0.15) is 0 Å². The monoisotopic (exact) mass is 525 g/mol. The van der Waals surface area contributed by atoms with Crippen LogP contribution in [-0.2, 0) is 13.0 Å². The van der Waals surface area contributed by atoms with Crippen LogP contribution < -0.4 is 0 Å². The third-order valence-electron chi connectivity index (χ3n) is 7.93. The average molecular weight is 526 g/mol. The molecule has 0 saturated carbocycles. The fraction of sp³-hybridized carbons (Fsp3) is 0.0500. The van der Waals surface area contributed by atoms with Gasteiger partial charge in [-0.25, -0.2) is 0 Å². The first-order valence-corrected chi connectivity index (χ1v) is 14.3. The summed E-state index contributed by atoms with van der Waals surface area (Å²) in [6.07, 6.45) is 0.839. The first kappa shape index (κ1) is 24.9. The SMILES string of the molecule is c1ccc(Cc2c(-c3ccccc3)c(-c3ccccc3)n(Cc3ccccc3)c2-c2cccc3ccccc23)cc1. The molecule has 0 amide bonds. The zero-order valence-corrected chi connectivity index (χ0v) is 22.9. The summed E-state index contributed by atoms with van der Waals surface area (Å²) in [5, 5.41) is 2.53. The molecule has 0 saturated heterocycles. The lowest BCUT2D eigenvalue weighted by Crippen LogP contribution is -2.05. The molecule has 41 heavy (non-hydrogen) atoms. The molecule has 0 atom stereocenters. The summed E-state index contributed by atoms with van der Waals surface area (Å²) in [4.78, 5) is 0. The van der Waals surface area contributed by atoms with Crippen LogP contribution in [0.15, 0.2) is 164 Å². The van der Waals surface area contributed by atoms with Crippen molar-refractivity contribution in [2.45, 2.75) is 13.0 Å². The highest BCUT2D eigenvalue weighted by Gasteiger charge is 2.27. The van der Waals surface area contributed by atoms with Gasteiger partial charge in [0.2, 0.25) is 0 Å². The average Bonchev–Trinajstić information content (AvgIpc) is 3.35. The fourth-order valence-corrected chi connectivity index (χ4v) is 6.12. The predicted molar refractivity (Wildman–Crippen MR) is 173 cm³/mol. The first-order valence-electron chi connectivity index (χ1n) is 14.3. The number of hydrogen-bond donors (Lipinski definition) is 0. The molecule has 1 heteroatoms. The summed E-state index contributed by atoms with van der Waals surface area (Å²) in [6.45, 7) is 0.776. The Morgan fingerprint density at radius 2 is 0.951 bits per heavy atom. The van der Waals surface area contributed by atoms with E-state index >= 15 is 0 Å². The molecule has 7 aromatic rings. The van der Waals surface area contributed by atoms with Gasteiger partial charge < -0.3 is 4.57 Å². The minimum absolute atomic E-state index is 0.776. The Balaban J connectivity index is 1.64. The summed E-state index contributed by atoms with van der Waals surface area (Å²) < 4.78 is 2.58. The van der Waals surface area contributed by atoms with Gasteiger partial charge in [-0.2, -0.15) is 0 Å². The second-order valence-electron chi connectivity index (χ2n) is 10.5. The van der Waals surface area contributed by atoms with E-state index < -0.39 is 0 Å². The van der Waals surface area contributed by atoms with Gasteiger partial charge in [-0.05, 0) is 38.6 Å². The first-order chi connectivity index (χ1) is 20.4. The lowest BCUT2D eigenvalue weighted by Gasteiger charge is -2.17. The Labute approximate surface area is 242 Å². The topological polar surface area (TPSA) is 4.93 Å². The van der Waals surface area contributed by atoms with E-state index in [1.54, 1.807) is 0 Å². The quantitative estimate of drug-likeness (QED) is 0.195. The molecule has 0 unspecified atom stereocenters. The summed E-state index contributed by atoms with van der Waals surface area (Å²) in [6, 6.07) is 59.1. The van der Waals surface area contributed by atoms with E-state index in [2.05, 4.69) is 168 Å². The molecule has 0 aliphatic carbocycles.